The van der Waals surface area contributed by atoms with Gasteiger partial charge in [0.05, 0.1) is 18.0 Å². The van der Waals surface area contributed by atoms with Gasteiger partial charge in [-0.1, -0.05) is 25.2 Å². The van der Waals surface area contributed by atoms with Gasteiger partial charge in [0.2, 0.25) is 5.91 Å². The molecule has 1 unspecified atom stereocenters. The smallest absolute Gasteiger partial charge is 0.305 e. The number of aromatic hydroxyl groups is 1. The lowest BCUT2D eigenvalue weighted by Gasteiger charge is -2.14. The first-order valence-corrected chi connectivity index (χ1v) is 9.26. The standard InChI is InChI=1S/C21H28N2O6/c1-4-15-10-17(14(3)24)18(25)11-19(15)29-12-16(22)7-5-6-13(2)21(28)23-9-8-20(26)27/h5-7,10-11,16,25H,4,8-9,12,22H2,1-3H3,(H,23,28)(H,26,27)/b7-5-,13-6+. The molecule has 0 saturated heterocycles. The maximum absolute atomic E-state index is 11.8. The Kier molecular flexibility index (Phi) is 9.61. The first-order valence-electron chi connectivity index (χ1n) is 9.26. The molecule has 0 spiro atoms. The quantitative estimate of drug-likeness (QED) is 0.251. The Morgan fingerprint density at radius 1 is 1.28 bits per heavy atom. The van der Waals surface area contributed by atoms with Crippen molar-refractivity contribution in [1.82, 2.24) is 5.32 Å². The summed E-state index contributed by atoms with van der Waals surface area (Å²) in [4.78, 5) is 33.7. The predicted molar refractivity (Wildman–Crippen MR) is 109 cm³/mol. The van der Waals surface area contributed by atoms with E-state index in [0.717, 1.165) is 5.56 Å². The molecule has 0 aliphatic rings. The van der Waals surface area contributed by atoms with Crippen LogP contribution in [0.5, 0.6) is 11.5 Å². The van der Waals surface area contributed by atoms with Crippen LogP contribution in [0.2, 0.25) is 0 Å². The lowest BCUT2D eigenvalue weighted by molar-refractivity contribution is -0.136. The molecule has 29 heavy (non-hydrogen) atoms. The third-order valence-electron chi connectivity index (χ3n) is 4.06. The number of ketones is 1. The number of aliphatic carboxylic acids is 1. The summed E-state index contributed by atoms with van der Waals surface area (Å²) in [6, 6.07) is 2.56. The molecule has 1 rings (SSSR count). The number of carboxylic acids is 1. The monoisotopic (exact) mass is 404 g/mol. The third kappa shape index (κ3) is 8.18. The zero-order valence-corrected chi connectivity index (χ0v) is 16.9. The van der Waals surface area contributed by atoms with Crippen LogP contribution in [0.25, 0.3) is 0 Å². The molecule has 8 nitrogen and oxygen atoms in total. The van der Waals surface area contributed by atoms with Crippen LogP contribution >= 0.6 is 0 Å². The summed E-state index contributed by atoms with van der Waals surface area (Å²) in [5.41, 5.74) is 7.44. The fraction of sp³-hybridized carbons (Fsp3) is 0.381. The minimum Gasteiger partial charge on any atom is -0.507 e. The van der Waals surface area contributed by atoms with Crippen molar-refractivity contribution in [3.63, 3.8) is 0 Å². The number of carbonyl (C=O) groups is 3. The molecule has 158 valence electrons. The number of allylic oxidation sites excluding steroid dienone is 2. The molecule has 0 saturated carbocycles. The molecule has 0 aliphatic heterocycles. The van der Waals surface area contributed by atoms with Gasteiger partial charge in [-0.3, -0.25) is 14.4 Å². The lowest BCUT2D eigenvalue weighted by Crippen LogP contribution is -2.26. The molecule has 5 N–H and O–H groups in total. The summed E-state index contributed by atoms with van der Waals surface area (Å²) in [5.74, 6) is -1.23. The number of benzene rings is 1. The van der Waals surface area contributed by atoms with Crippen LogP contribution in [0.3, 0.4) is 0 Å². The molecule has 0 bridgehead atoms. The van der Waals surface area contributed by atoms with E-state index >= 15 is 0 Å². The van der Waals surface area contributed by atoms with Crippen LogP contribution in [0.15, 0.2) is 35.9 Å². The van der Waals surface area contributed by atoms with Crippen molar-refractivity contribution in [2.24, 2.45) is 5.73 Å². The first kappa shape index (κ1) is 23.9. The van der Waals surface area contributed by atoms with Crippen LogP contribution in [-0.4, -0.2) is 47.1 Å². The van der Waals surface area contributed by atoms with Crippen LogP contribution in [0, 0.1) is 0 Å². The zero-order valence-electron chi connectivity index (χ0n) is 16.9. The summed E-state index contributed by atoms with van der Waals surface area (Å²) in [7, 11) is 0. The fourth-order valence-corrected chi connectivity index (χ4v) is 2.39. The highest BCUT2D eigenvalue weighted by Crippen LogP contribution is 2.29. The maximum atomic E-state index is 11.8. The number of amides is 1. The van der Waals surface area contributed by atoms with E-state index in [1.54, 1.807) is 31.2 Å². The average molecular weight is 404 g/mol. The highest BCUT2D eigenvalue weighted by molar-refractivity contribution is 5.97. The molecule has 0 heterocycles. The second-order valence-corrected chi connectivity index (χ2v) is 6.50. The Hall–Kier alpha value is -3.13. The zero-order chi connectivity index (χ0) is 22.0. The van der Waals surface area contributed by atoms with Gasteiger partial charge >= 0.3 is 5.97 Å². The molecular weight excluding hydrogens is 376 g/mol. The van der Waals surface area contributed by atoms with Gasteiger partial charge in [0.25, 0.3) is 0 Å². The predicted octanol–water partition coefficient (Wildman–Crippen LogP) is 1.96. The largest absolute Gasteiger partial charge is 0.507 e. The van der Waals surface area contributed by atoms with E-state index in [9.17, 15) is 19.5 Å². The molecule has 0 radical (unpaired) electrons. The highest BCUT2D eigenvalue weighted by Gasteiger charge is 2.13. The number of rotatable bonds is 11. The summed E-state index contributed by atoms with van der Waals surface area (Å²) in [6.07, 6.45) is 5.33. The minimum absolute atomic E-state index is 0.0610. The summed E-state index contributed by atoms with van der Waals surface area (Å²) in [5, 5.41) is 21.0. The van der Waals surface area contributed by atoms with Crippen LogP contribution < -0.4 is 15.8 Å². The van der Waals surface area contributed by atoms with Crippen LogP contribution in [0.4, 0.5) is 0 Å². The Bertz CT molecular complexity index is 814. The normalized spacial score (nSPS) is 12.6. The van der Waals surface area contributed by atoms with Crippen molar-refractivity contribution < 1.29 is 29.3 Å². The summed E-state index contributed by atoms with van der Waals surface area (Å²) >= 11 is 0. The number of ether oxygens (including phenoxy) is 1. The molecule has 1 aromatic carbocycles. The Balaban J connectivity index is 2.63. The molecule has 1 atom stereocenters. The number of phenols is 1. The molecular formula is C21H28N2O6. The van der Waals surface area contributed by atoms with Gasteiger partial charge in [0.15, 0.2) is 5.78 Å². The minimum atomic E-state index is -0.978. The third-order valence-corrected chi connectivity index (χ3v) is 4.06. The SMILES string of the molecule is CCc1cc(C(C)=O)c(O)cc1OCC(N)/C=C\C=C(/C)C(=O)NCCC(=O)O. The number of carboxylic acid groups (broad SMARTS) is 1. The Labute approximate surface area is 170 Å². The number of nitrogens with one attached hydrogen (secondary N) is 1. The number of nitrogens with two attached hydrogens (primary N) is 1. The second kappa shape index (κ2) is 11.7. The molecule has 0 aromatic heterocycles. The first-order chi connectivity index (χ1) is 13.6. The summed E-state index contributed by atoms with van der Waals surface area (Å²) < 4.78 is 5.68. The van der Waals surface area contributed by atoms with Crippen molar-refractivity contribution in [1.29, 1.82) is 0 Å². The molecule has 1 amide bonds. The van der Waals surface area contributed by atoms with Crippen molar-refractivity contribution in [2.45, 2.75) is 39.7 Å². The van der Waals surface area contributed by atoms with E-state index in [2.05, 4.69) is 5.32 Å². The molecule has 1 aromatic rings. The molecule has 0 aliphatic carbocycles. The van der Waals surface area contributed by atoms with Crippen molar-refractivity contribution in [2.75, 3.05) is 13.2 Å². The lowest BCUT2D eigenvalue weighted by atomic mass is 10.0. The van der Waals surface area contributed by atoms with E-state index in [0.29, 0.717) is 17.7 Å². The van der Waals surface area contributed by atoms with Gasteiger partial charge in [-0.05, 0) is 31.9 Å². The van der Waals surface area contributed by atoms with Gasteiger partial charge in [-0.2, -0.15) is 0 Å². The van der Waals surface area contributed by atoms with E-state index in [-0.39, 0.29) is 42.6 Å². The fourth-order valence-electron chi connectivity index (χ4n) is 2.39. The molecule has 0 fully saturated rings. The van der Waals surface area contributed by atoms with E-state index in [1.807, 2.05) is 6.92 Å². The number of hydrogen-bond donors (Lipinski definition) is 4. The van der Waals surface area contributed by atoms with E-state index < -0.39 is 12.0 Å². The maximum Gasteiger partial charge on any atom is 0.305 e. The van der Waals surface area contributed by atoms with Crippen molar-refractivity contribution >= 4 is 17.7 Å². The highest BCUT2D eigenvalue weighted by atomic mass is 16.5. The number of Topliss-reactive ketones (excluding diaryl/α,β-unsaturated/α-hetero) is 1. The van der Waals surface area contributed by atoms with E-state index in [4.69, 9.17) is 15.6 Å². The number of aryl methyl sites for hydroxylation is 1. The number of hydrogen-bond acceptors (Lipinski definition) is 6. The van der Waals surface area contributed by atoms with Gasteiger partial charge in [-0.25, -0.2) is 0 Å². The van der Waals surface area contributed by atoms with Gasteiger partial charge in [0.1, 0.15) is 18.1 Å². The molecule has 8 heteroatoms. The van der Waals surface area contributed by atoms with Crippen molar-refractivity contribution in [3.05, 3.63) is 47.1 Å². The topological polar surface area (TPSA) is 139 Å². The average Bonchev–Trinajstić information content (AvgIpc) is 2.65. The van der Waals surface area contributed by atoms with Gasteiger partial charge < -0.3 is 26.0 Å². The van der Waals surface area contributed by atoms with Gasteiger partial charge in [0, 0.05) is 18.2 Å². The Morgan fingerprint density at radius 3 is 2.55 bits per heavy atom. The summed E-state index contributed by atoms with van der Waals surface area (Å²) in [6.45, 7) is 5.11. The van der Waals surface area contributed by atoms with Gasteiger partial charge in [-0.15, -0.1) is 0 Å². The van der Waals surface area contributed by atoms with Crippen molar-refractivity contribution in [3.8, 4) is 11.5 Å². The Morgan fingerprint density at radius 2 is 1.97 bits per heavy atom. The van der Waals surface area contributed by atoms with E-state index in [1.165, 1.54) is 13.0 Å². The van der Waals surface area contributed by atoms with Crippen LogP contribution in [0.1, 0.15) is 43.1 Å². The number of phenolic OH excluding ortho intramolecular Hbond substituents is 1. The van der Waals surface area contributed by atoms with Crippen LogP contribution in [-0.2, 0) is 16.0 Å². The second-order valence-electron chi connectivity index (χ2n) is 6.50. The number of carbonyl (C=O) groups excluding carboxylic acids is 2.